The van der Waals surface area contributed by atoms with Crippen LogP contribution in [0.15, 0.2) is 5.38 Å². The number of aliphatic hydroxyl groups is 1. The Morgan fingerprint density at radius 2 is 2.24 bits per heavy atom. The molecule has 0 bridgehead atoms. The molecule has 1 heterocycles. The van der Waals surface area contributed by atoms with Crippen molar-refractivity contribution < 1.29 is 19.8 Å². The zero-order valence-electron chi connectivity index (χ0n) is 9.07. The maximum atomic E-state index is 11.7. The quantitative estimate of drug-likeness (QED) is 0.757. The van der Waals surface area contributed by atoms with Crippen molar-refractivity contribution in [2.45, 2.75) is 19.4 Å². The van der Waals surface area contributed by atoms with E-state index in [2.05, 4.69) is 5.32 Å². The zero-order chi connectivity index (χ0) is 13.0. The number of amides is 1. The minimum atomic E-state index is -1.18. The molecule has 0 aliphatic rings. The summed E-state index contributed by atoms with van der Waals surface area (Å²) < 4.78 is 0. The van der Waals surface area contributed by atoms with E-state index in [1.54, 1.807) is 12.3 Å². The number of hydrogen-bond donors (Lipinski definition) is 3. The van der Waals surface area contributed by atoms with Gasteiger partial charge < -0.3 is 15.5 Å². The summed E-state index contributed by atoms with van der Waals surface area (Å²) in [7, 11) is 0. The van der Waals surface area contributed by atoms with Crippen molar-refractivity contribution in [2.24, 2.45) is 0 Å². The standard InChI is InChI=1S/C10H12ClNO4S/c1-5-4-17-8(7(5)11)9(14)12-6(2-3-13)10(15)16/h4,6,13H,2-3H2,1H3,(H,12,14)(H,15,16)/t6-/m1/s1. The third kappa shape index (κ3) is 3.42. The molecule has 0 aliphatic heterocycles. The van der Waals surface area contributed by atoms with Gasteiger partial charge in [-0.3, -0.25) is 4.79 Å². The van der Waals surface area contributed by atoms with Gasteiger partial charge >= 0.3 is 5.97 Å². The highest BCUT2D eigenvalue weighted by Crippen LogP contribution is 2.26. The average Bonchev–Trinajstić information content (AvgIpc) is 2.59. The van der Waals surface area contributed by atoms with E-state index in [1.807, 2.05) is 0 Å². The molecule has 1 aromatic rings. The van der Waals surface area contributed by atoms with E-state index in [-0.39, 0.29) is 17.9 Å². The van der Waals surface area contributed by atoms with Crippen LogP contribution in [0.4, 0.5) is 0 Å². The minimum absolute atomic E-state index is 0.0386. The SMILES string of the molecule is Cc1csc(C(=O)N[C@H](CCO)C(=O)O)c1Cl. The lowest BCUT2D eigenvalue weighted by Gasteiger charge is -2.12. The lowest BCUT2D eigenvalue weighted by Crippen LogP contribution is -2.41. The van der Waals surface area contributed by atoms with Crippen molar-refractivity contribution in [2.75, 3.05) is 6.61 Å². The maximum Gasteiger partial charge on any atom is 0.326 e. The molecule has 1 rings (SSSR count). The van der Waals surface area contributed by atoms with E-state index >= 15 is 0 Å². The lowest BCUT2D eigenvalue weighted by molar-refractivity contribution is -0.139. The van der Waals surface area contributed by atoms with E-state index in [0.717, 1.165) is 16.9 Å². The third-order valence-corrected chi connectivity index (χ3v) is 3.82. The average molecular weight is 278 g/mol. The molecule has 17 heavy (non-hydrogen) atoms. The number of halogens is 1. The summed E-state index contributed by atoms with van der Waals surface area (Å²) in [5.41, 5.74) is 0.774. The predicted octanol–water partition coefficient (Wildman–Crippen LogP) is 1.28. The summed E-state index contributed by atoms with van der Waals surface area (Å²) in [6, 6.07) is -1.11. The van der Waals surface area contributed by atoms with Crippen molar-refractivity contribution in [3.05, 3.63) is 20.8 Å². The van der Waals surface area contributed by atoms with Crippen LogP contribution in [-0.4, -0.2) is 34.7 Å². The number of carbonyl (C=O) groups is 2. The second-order valence-electron chi connectivity index (χ2n) is 3.44. The number of carboxylic acid groups (broad SMARTS) is 1. The van der Waals surface area contributed by atoms with E-state index in [1.165, 1.54) is 0 Å². The van der Waals surface area contributed by atoms with Crippen LogP contribution in [0.2, 0.25) is 5.02 Å². The Labute approximate surface area is 107 Å². The van der Waals surface area contributed by atoms with Gasteiger partial charge in [-0.1, -0.05) is 11.6 Å². The van der Waals surface area contributed by atoms with Gasteiger partial charge in [0, 0.05) is 13.0 Å². The molecule has 0 aromatic carbocycles. The molecule has 0 saturated carbocycles. The topological polar surface area (TPSA) is 86.6 Å². The highest BCUT2D eigenvalue weighted by Gasteiger charge is 2.22. The summed E-state index contributed by atoms with van der Waals surface area (Å²) in [5.74, 6) is -1.72. The molecule has 1 amide bonds. The Kier molecular flexibility index (Phi) is 4.92. The molecule has 0 aliphatic carbocycles. The summed E-state index contributed by atoms with van der Waals surface area (Å²) in [4.78, 5) is 22.8. The van der Waals surface area contributed by atoms with E-state index in [0.29, 0.717) is 5.02 Å². The number of rotatable bonds is 5. The molecule has 7 heteroatoms. The largest absolute Gasteiger partial charge is 0.480 e. The zero-order valence-corrected chi connectivity index (χ0v) is 10.6. The van der Waals surface area contributed by atoms with Gasteiger partial charge in [0.2, 0.25) is 0 Å². The van der Waals surface area contributed by atoms with Crippen LogP contribution in [0.25, 0.3) is 0 Å². The summed E-state index contributed by atoms with van der Waals surface area (Å²) in [6.45, 7) is 1.45. The highest BCUT2D eigenvalue weighted by atomic mass is 35.5. The molecule has 0 saturated heterocycles. The highest BCUT2D eigenvalue weighted by molar-refractivity contribution is 7.13. The molecule has 94 valence electrons. The number of carbonyl (C=O) groups excluding carboxylic acids is 1. The Bertz CT molecular complexity index is 432. The third-order valence-electron chi connectivity index (χ3n) is 2.13. The Morgan fingerprint density at radius 3 is 2.65 bits per heavy atom. The number of aliphatic carboxylic acids is 1. The second-order valence-corrected chi connectivity index (χ2v) is 4.70. The van der Waals surface area contributed by atoms with Gasteiger partial charge in [0.25, 0.3) is 5.91 Å². The monoisotopic (exact) mass is 277 g/mol. The van der Waals surface area contributed by atoms with E-state index in [4.69, 9.17) is 21.8 Å². The van der Waals surface area contributed by atoms with Gasteiger partial charge in [-0.25, -0.2) is 4.79 Å². The molecule has 0 unspecified atom stereocenters. The van der Waals surface area contributed by atoms with E-state index < -0.39 is 17.9 Å². The number of aryl methyl sites for hydroxylation is 1. The van der Waals surface area contributed by atoms with Crippen LogP contribution < -0.4 is 5.32 Å². The Hall–Kier alpha value is -1.11. The van der Waals surface area contributed by atoms with Crippen LogP contribution in [-0.2, 0) is 4.79 Å². The van der Waals surface area contributed by atoms with Crippen LogP contribution in [0.1, 0.15) is 21.7 Å². The van der Waals surface area contributed by atoms with Gasteiger partial charge in [-0.15, -0.1) is 11.3 Å². The number of aliphatic hydroxyl groups excluding tert-OH is 1. The molecule has 0 spiro atoms. The fourth-order valence-electron chi connectivity index (χ4n) is 1.19. The Balaban J connectivity index is 2.77. The normalized spacial score (nSPS) is 12.2. The first-order valence-corrected chi connectivity index (χ1v) is 6.11. The summed E-state index contributed by atoms with van der Waals surface area (Å²) >= 11 is 7.05. The predicted molar refractivity (Wildman–Crippen MR) is 64.7 cm³/mol. The number of thiophene rings is 1. The Morgan fingerprint density at radius 1 is 1.59 bits per heavy atom. The van der Waals surface area contributed by atoms with Crippen LogP contribution in [0, 0.1) is 6.92 Å². The smallest absolute Gasteiger partial charge is 0.326 e. The summed E-state index contributed by atoms with van der Waals surface area (Å²) in [6.07, 6.45) is -0.0386. The van der Waals surface area contributed by atoms with Gasteiger partial charge in [0.1, 0.15) is 10.9 Å². The van der Waals surface area contributed by atoms with E-state index in [9.17, 15) is 9.59 Å². The van der Waals surface area contributed by atoms with Crippen molar-refractivity contribution >= 4 is 34.8 Å². The van der Waals surface area contributed by atoms with Crippen molar-refractivity contribution in [3.63, 3.8) is 0 Å². The van der Waals surface area contributed by atoms with Crippen LogP contribution in [0.3, 0.4) is 0 Å². The molecule has 1 aromatic heterocycles. The molecular formula is C10H12ClNO4S. The maximum absolute atomic E-state index is 11.7. The van der Waals surface area contributed by atoms with Gasteiger partial charge in [0.15, 0.2) is 0 Å². The van der Waals surface area contributed by atoms with Gasteiger partial charge in [-0.2, -0.15) is 0 Å². The number of nitrogens with one attached hydrogen (secondary N) is 1. The van der Waals surface area contributed by atoms with Crippen molar-refractivity contribution in [1.29, 1.82) is 0 Å². The summed E-state index contributed by atoms with van der Waals surface area (Å²) in [5, 5.41) is 21.9. The first kappa shape index (κ1) is 14.0. The first-order valence-electron chi connectivity index (χ1n) is 4.85. The van der Waals surface area contributed by atoms with Gasteiger partial charge in [-0.05, 0) is 17.9 Å². The first-order chi connectivity index (χ1) is 7.97. The van der Waals surface area contributed by atoms with Gasteiger partial charge in [0.05, 0.1) is 5.02 Å². The number of carboxylic acids is 1. The molecular weight excluding hydrogens is 266 g/mol. The van der Waals surface area contributed by atoms with Crippen LogP contribution in [0.5, 0.6) is 0 Å². The minimum Gasteiger partial charge on any atom is -0.480 e. The molecule has 0 fully saturated rings. The number of hydrogen-bond acceptors (Lipinski definition) is 4. The molecule has 3 N–H and O–H groups in total. The lowest BCUT2D eigenvalue weighted by atomic mass is 10.2. The molecule has 0 radical (unpaired) electrons. The fourth-order valence-corrected chi connectivity index (χ4v) is 2.37. The second kappa shape index (κ2) is 6.00. The molecule has 5 nitrogen and oxygen atoms in total. The fraction of sp³-hybridized carbons (Fsp3) is 0.400. The van der Waals surface area contributed by atoms with Crippen LogP contribution >= 0.6 is 22.9 Å². The molecule has 1 atom stereocenters. The van der Waals surface area contributed by atoms with Crippen molar-refractivity contribution in [1.82, 2.24) is 5.32 Å². The van der Waals surface area contributed by atoms with Crippen molar-refractivity contribution in [3.8, 4) is 0 Å².